The number of hydrogen-bond acceptors (Lipinski definition) is 20. The number of aromatic hydroxyl groups is 2. The summed E-state index contributed by atoms with van der Waals surface area (Å²) in [6.45, 7) is 5.04. The minimum atomic E-state index is -2.35. The first-order valence-corrected chi connectivity index (χ1v) is 22.1. The highest BCUT2D eigenvalue weighted by Crippen LogP contribution is 2.52. The van der Waals surface area contributed by atoms with Crippen LogP contribution < -0.4 is 15.8 Å². The molecule has 8 N–H and O–H groups in total. The van der Waals surface area contributed by atoms with E-state index in [2.05, 4.69) is 5.32 Å². The van der Waals surface area contributed by atoms with Crippen LogP contribution in [-0.2, 0) is 63.4 Å². The van der Waals surface area contributed by atoms with Gasteiger partial charge < -0.3 is 84.0 Å². The number of Topliss-reactive ketones (excluding diaryl/α,β-unsaturated/α-hetero) is 1. The van der Waals surface area contributed by atoms with E-state index in [1.165, 1.54) is 32.2 Å². The lowest BCUT2D eigenvalue weighted by molar-refractivity contribution is -0.249. The van der Waals surface area contributed by atoms with Crippen molar-refractivity contribution in [1.29, 1.82) is 0 Å². The number of phenols is 2. The summed E-state index contributed by atoms with van der Waals surface area (Å²) in [5.74, 6) is -4.96. The van der Waals surface area contributed by atoms with Gasteiger partial charge >= 0.3 is 0 Å². The van der Waals surface area contributed by atoms with Gasteiger partial charge in [-0.1, -0.05) is 12.1 Å². The molecule has 1 saturated heterocycles. The number of aliphatic hydroxyl groups is 3. The molecule has 2 aromatic carbocycles. The summed E-state index contributed by atoms with van der Waals surface area (Å²) in [4.78, 5) is 64.3. The maximum Gasteiger partial charge on any atom is 0.222 e. The minimum Gasteiger partial charge on any atom is -0.507 e. The standard InChI is InChI=1S/C45H62N2O20/c1-26-40(52)29(47-34(51)7-9-60-11-13-62-15-17-64-19-21-65-20-18-63-16-14-61-12-10-59-8-6-33(46)50)22-35(66-26)67-31-24-45(57,32(49)25-48)23-28-37(31)44(56)39-38(42(28)54)41(53)27-4-3-5-30(58-2)36(27)43(39)55/h3-5,26,29,31,35,40,48,52,54,56-57H,6-25H2,1-2H3,(H2,46,50)(H,47,51)/t26?,29?,31-,35?,40?,45-/m0/s1. The molecule has 372 valence electrons. The molecule has 22 nitrogen and oxygen atoms in total. The Morgan fingerprint density at radius 2 is 1.30 bits per heavy atom. The van der Waals surface area contributed by atoms with Gasteiger partial charge in [-0.05, 0) is 13.0 Å². The fraction of sp³-hybridized carbons (Fsp3) is 0.622. The number of rotatable bonds is 30. The highest BCUT2D eigenvalue weighted by molar-refractivity contribution is 6.31. The van der Waals surface area contributed by atoms with Gasteiger partial charge in [0.25, 0.3) is 0 Å². The fourth-order valence-corrected chi connectivity index (χ4v) is 7.90. The Balaban J connectivity index is 1.02. The van der Waals surface area contributed by atoms with Crippen LogP contribution in [0.5, 0.6) is 17.2 Å². The van der Waals surface area contributed by atoms with Crippen LogP contribution in [0.15, 0.2) is 18.2 Å². The van der Waals surface area contributed by atoms with Crippen LogP contribution in [0.4, 0.5) is 0 Å². The molecule has 22 heteroatoms. The first-order valence-electron chi connectivity index (χ1n) is 22.1. The molecule has 2 aromatic rings. The van der Waals surface area contributed by atoms with Gasteiger partial charge in [-0.2, -0.15) is 0 Å². The number of benzene rings is 2. The Bertz CT molecular complexity index is 2010. The molecule has 1 fully saturated rings. The summed E-state index contributed by atoms with van der Waals surface area (Å²) in [6, 6.07) is 3.39. The monoisotopic (exact) mass is 950 g/mol. The summed E-state index contributed by atoms with van der Waals surface area (Å²) >= 11 is 0. The molecule has 0 radical (unpaired) electrons. The van der Waals surface area contributed by atoms with Gasteiger partial charge in [0, 0.05) is 48.8 Å². The Morgan fingerprint density at radius 1 is 0.776 bits per heavy atom. The second kappa shape index (κ2) is 26.2. The molecule has 0 bridgehead atoms. The lowest BCUT2D eigenvalue weighted by Gasteiger charge is -2.43. The van der Waals surface area contributed by atoms with Crippen molar-refractivity contribution in [1.82, 2.24) is 5.32 Å². The van der Waals surface area contributed by atoms with Crippen molar-refractivity contribution in [3.63, 3.8) is 0 Å². The summed E-state index contributed by atoms with van der Waals surface area (Å²) in [6.07, 6.45) is -6.06. The van der Waals surface area contributed by atoms with Crippen LogP contribution in [0, 0.1) is 0 Å². The Kier molecular flexibility index (Phi) is 20.8. The Morgan fingerprint density at radius 3 is 1.82 bits per heavy atom. The predicted octanol–water partition coefficient (Wildman–Crippen LogP) is -0.459. The zero-order valence-corrected chi connectivity index (χ0v) is 37.7. The van der Waals surface area contributed by atoms with Crippen molar-refractivity contribution < 1.29 is 96.9 Å². The molecule has 5 rings (SSSR count). The average Bonchev–Trinajstić information content (AvgIpc) is 3.30. The minimum absolute atomic E-state index is 0.0458. The molecule has 0 saturated carbocycles. The van der Waals surface area contributed by atoms with E-state index in [1.807, 2.05) is 0 Å². The molecule has 1 aliphatic heterocycles. The second-order valence-corrected chi connectivity index (χ2v) is 15.9. The normalized spacial score (nSPS) is 22.2. The third kappa shape index (κ3) is 14.2. The number of amides is 2. The van der Waals surface area contributed by atoms with Gasteiger partial charge in [0.1, 0.15) is 35.6 Å². The van der Waals surface area contributed by atoms with Crippen molar-refractivity contribution >= 4 is 29.2 Å². The van der Waals surface area contributed by atoms with Gasteiger partial charge in [-0.15, -0.1) is 0 Å². The lowest BCUT2D eigenvalue weighted by Crippen LogP contribution is -2.56. The SMILES string of the molecule is COc1cccc2c1C(=O)c1c(O)c3c(c(O)c1C2=O)C[C@@](O)(C(=O)CO)C[C@@H]3OC1CC(NC(=O)CCOCCOCCOCCOCCOCCOCCOCCC(N)=O)C(O)C(C)O1. The number of nitrogens with one attached hydrogen (secondary N) is 1. The topological polar surface area (TPSA) is 317 Å². The van der Waals surface area contributed by atoms with Crippen LogP contribution in [0.3, 0.4) is 0 Å². The van der Waals surface area contributed by atoms with Gasteiger partial charge in [0.15, 0.2) is 17.9 Å². The molecule has 3 aliphatic rings. The summed E-state index contributed by atoms with van der Waals surface area (Å²) in [5.41, 5.74) is 0.954. The number of ether oxygens (including phenoxy) is 10. The molecule has 1 heterocycles. The highest BCUT2D eigenvalue weighted by Gasteiger charge is 2.50. The molecule has 2 aliphatic carbocycles. The second-order valence-electron chi connectivity index (χ2n) is 15.9. The molecule has 67 heavy (non-hydrogen) atoms. The number of methoxy groups -OCH3 is 1. The van der Waals surface area contributed by atoms with Crippen LogP contribution in [0.1, 0.15) is 81.7 Å². The van der Waals surface area contributed by atoms with Crippen molar-refractivity contribution in [3.05, 3.63) is 51.6 Å². The van der Waals surface area contributed by atoms with E-state index < -0.39 is 107 Å². The maximum atomic E-state index is 14.0. The molecule has 0 aromatic heterocycles. The lowest BCUT2D eigenvalue weighted by atomic mass is 9.72. The number of phenolic OH excluding ortho intramolecular Hbond substituents is 2. The smallest absolute Gasteiger partial charge is 0.222 e. The summed E-state index contributed by atoms with van der Waals surface area (Å²) in [5, 5.41) is 58.4. The van der Waals surface area contributed by atoms with Crippen LogP contribution in [0.25, 0.3) is 0 Å². The average molecular weight is 951 g/mol. The molecular formula is C45H62N2O20. The highest BCUT2D eigenvalue weighted by atomic mass is 16.7. The van der Waals surface area contributed by atoms with Gasteiger partial charge in [-0.3, -0.25) is 24.0 Å². The molecule has 2 amide bonds. The number of primary amides is 1. The van der Waals surface area contributed by atoms with Crippen molar-refractivity contribution in [3.8, 4) is 17.2 Å². The van der Waals surface area contributed by atoms with E-state index in [0.717, 1.165) is 0 Å². The van der Waals surface area contributed by atoms with E-state index >= 15 is 0 Å². The summed E-state index contributed by atoms with van der Waals surface area (Å²) < 4.78 is 55.4. The molecule has 6 atom stereocenters. The predicted molar refractivity (Wildman–Crippen MR) is 230 cm³/mol. The first-order chi connectivity index (χ1) is 32.2. The van der Waals surface area contributed by atoms with Gasteiger partial charge in [-0.25, -0.2) is 0 Å². The van der Waals surface area contributed by atoms with E-state index in [9.17, 15) is 49.5 Å². The van der Waals surface area contributed by atoms with E-state index in [-0.39, 0.29) is 73.7 Å². The number of aliphatic hydroxyl groups excluding tert-OH is 2. The number of carbonyl (C=O) groups is 5. The first kappa shape index (κ1) is 53.3. The van der Waals surface area contributed by atoms with Crippen LogP contribution in [0.2, 0.25) is 0 Å². The summed E-state index contributed by atoms with van der Waals surface area (Å²) in [7, 11) is 1.30. The Labute approximate surface area is 386 Å². The van der Waals surface area contributed by atoms with Crippen molar-refractivity contribution in [2.45, 2.75) is 75.3 Å². The van der Waals surface area contributed by atoms with E-state index in [1.54, 1.807) is 0 Å². The molecule has 4 unspecified atom stereocenters. The third-order valence-corrected chi connectivity index (χ3v) is 11.3. The van der Waals surface area contributed by atoms with Gasteiger partial charge in [0.05, 0.1) is 135 Å². The fourth-order valence-electron chi connectivity index (χ4n) is 7.90. The van der Waals surface area contributed by atoms with Crippen LogP contribution >= 0.6 is 0 Å². The number of fused-ring (bicyclic) bond motifs is 3. The number of carbonyl (C=O) groups excluding carboxylic acids is 5. The number of hydrogen-bond donors (Lipinski definition) is 7. The number of nitrogens with two attached hydrogens (primary N) is 1. The zero-order valence-electron chi connectivity index (χ0n) is 37.7. The van der Waals surface area contributed by atoms with E-state index in [4.69, 9.17) is 53.1 Å². The maximum absolute atomic E-state index is 14.0. The van der Waals surface area contributed by atoms with Crippen molar-refractivity contribution in [2.24, 2.45) is 5.73 Å². The van der Waals surface area contributed by atoms with Crippen molar-refractivity contribution in [2.75, 3.05) is 106 Å². The van der Waals surface area contributed by atoms with E-state index in [0.29, 0.717) is 66.1 Å². The third-order valence-electron chi connectivity index (χ3n) is 11.3. The Hall–Kier alpha value is -4.69. The quantitative estimate of drug-likeness (QED) is 0.0328. The largest absolute Gasteiger partial charge is 0.507 e. The molecular weight excluding hydrogens is 888 g/mol. The van der Waals surface area contributed by atoms with Gasteiger partial charge in [0.2, 0.25) is 17.6 Å². The molecule has 0 spiro atoms. The zero-order chi connectivity index (χ0) is 48.5. The van der Waals surface area contributed by atoms with Crippen LogP contribution in [-0.4, -0.2) is 191 Å². The number of ketones is 3.